The molecule has 0 fully saturated rings. The molecule has 2 aromatic carbocycles. The second kappa shape index (κ2) is 6.44. The number of benzene rings is 2. The van der Waals surface area contributed by atoms with E-state index in [2.05, 4.69) is 0 Å². The average Bonchev–Trinajstić information content (AvgIpc) is 2.48. The van der Waals surface area contributed by atoms with E-state index in [-0.39, 0.29) is 17.0 Å². The van der Waals surface area contributed by atoms with Crippen LogP contribution >= 0.6 is 11.6 Å². The van der Waals surface area contributed by atoms with Crippen molar-refractivity contribution in [2.45, 2.75) is 13.8 Å². The smallest absolute Gasteiger partial charge is 0.160 e. The molecule has 0 aliphatic carbocycles. The number of hydrogen-bond acceptors (Lipinski definition) is 4. The van der Waals surface area contributed by atoms with Crippen molar-refractivity contribution in [3.05, 3.63) is 52.3 Å². The zero-order valence-electron chi connectivity index (χ0n) is 12.4. The molecule has 0 spiro atoms. The Morgan fingerprint density at radius 2 is 2.05 bits per heavy atom. The van der Waals surface area contributed by atoms with E-state index >= 15 is 0 Å². The maximum Gasteiger partial charge on any atom is 0.160 e. The molecule has 0 saturated carbocycles. The summed E-state index contributed by atoms with van der Waals surface area (Å²) >= 11 is 6.14. The van der Waals surface area contributed by atoms with Gasteiger partial charge in [0.05, 0.1) is 7.11 Å². The van der Waals surface area contributed by atoms with Gasteiger partial charge in [-0.15, -0.1) is 5.23 Å². The molecule has 0 heterocycles. The Balaban J connectivity index is 2.89. The maximum absolute atomic E-state index is 13.6. The first kappa shape index (κ1) is 16.4. The van der Waals surface area contributed by atoms with Crippen LogP contribution in [0, 0.1) is 12.7 Å². The zero-order chi connectivity index (χ0) is 16.4. The van der Waals surface area contributed by atoms with E-state index in [1.807, 2.05) is 0 Å². The standard InChI is InChI=1S/C16H15ClFNO3/c1-9-14(17)8-13(10(2)20)15(16(9)19(21)22-3)11-5-4-6-12(18)7-11/h4-8,21H,1-3H3. The van der Waals surface area contributed by atoms with Crippen molar-refractivity contribution >= 4 is 23.1 Å². The lowest BCUT2D eigenvalue weighted by atomic mass is 9.93. The fourth-order valence-electron chi connectivity index (χ4n) is 2.28. The molecule has 0 radical (unpaired) electrons. The summed E-state index contributed by atoms with van der Waals surface area (Å²) < 4.78 is 13.6. The molecule has 1 N–H and O–H groups in total. The molecule has 2 aromatic rings. The first-order chi connectivity index (χ1) is 10.4. The molecule has 0 bridgehead atoms. The molecule has 0 aromatic heterocycles. The molecule has 0 aliphatic rings. The molecule has 0 unspecified atom stereocenters. The van der Waals surface area contributed by atoms with Gasteiger partial charge in [0.1, 0.15) is 11.5 Å². The number of hydrogen-bond donors (Lipinski definition) is 1. The number of rotatable bonds is 4. The Bertz CT molecular complexity index is 734. The zero-order valence-corrected chi connectivity index (χ0v) is 13.1. The molecule has 0 amide bonds. The molecule has 116 valence electrons. The van der Waals surface area contributed by atoms with Gasteiger partial charge in [0, 0.05) is 16.1 Å². The number of carbonyl (C=O) groups excluding carboxylic acids is 1. The van der Waals surface area contributed by atoms with Crippen LogP contribution in [0.25, 0.3) is 11.1 Å². The van der Waals surface area contributed by atoms with Crippen molar-refractivity contribution in [3.8, 4) is 11.1 Å². The van der Waals surface area contributed by atoms with Gasteiger partial charge in [0.25, 0.3) is 0 Å². The Kier molecular flexibility index (Phi) is 4.81. The number of halogens is 2. The third-order valence-electron chi connectivity index (χ3n) is 3.35. The van der Waals surface area contributed by atoms with Crippen molar-refractivity contribution in [1.29, 1.82) is 0 Å². The number of carbonyl (C=O) groups is 1. The summed E-state index contributed by atoms with van der Waals surface area (Å²) in [7, 11) is 1.27. The van der Waals surface area contributed by atoms with E-state index in [9.17, 15) is 14.4 Å². The van der Waals surface area contributed by atoms with E-state index in [1.165, 1.54) is 38.3 Å². The van der Waals surface area contributed by atoms with Gasteiger partial charge in [-0.2, -0.15) is 0 Å². The number of Topliss-reactive ketones (excluding diaryl/α,β-unsaturated/α-hetero) is 1. The summed E-state index contributed by atoms with van der Waals surface area (Å²) in [4.78, 5) is 16.8. The Morgan fingerprint density at radius 3 is 2.59 bits per heavy atom. The molecule has 0 atom stereocenters. The molecular weight excluding hydrogens is 309 g/mol. The van der Waals surface area contributed by atoms with Crippen LogP contribution in [0.5, 0.6) is 0 Å². The van der Waals surface area contributed by atoms with Crippen molar-refractivity contribution in [1.82, 2.24) is 0 Å². The van der Waals surface area contributed by atoms with E-state index in [1.54, 1.807) is 13.0 Å². The van der Waals surface area contributed by atoms with Crippen LogP contribution in [0.4, 0.5) is 10.1 Å². The van der Waals surface area contributed by atoms with Gasteiger partial charge >= 0.3 is 0 Å². The van der Waals surface area contributed by atoms with Crippen molar-refractivity contribution < 1.29 is 19.2 Å². The largest absolute Gasteiger partial charge is 0.294 e. The number of ketones is 1. The number of nitrogens with zero attached hydrogens (tertiary/aromatic N) is 1. The normalized spacial score (nSPS) is 10.6. The lowest BCUT2D eigenvalue weighted by molar-refractivity contribution is -0.0109. The van der Waals surface area contributed by atoms with Crippen LogP contribution in [-0.4, -0.2) is 18.1 Å². The molecule has 6 heteroatoms. The quantitative estimate of drug-likeness (QED) is 0.668. The summed E-state index contributed by atoms with van der Waals surface area (Å²) in [5, 5.41) is 10.8. The second-order valence-electron chi connectivity index (χ2n) is 4.78. The lowest BCUT2D eigenvalue weighted by Gasteiger charge is -2.22. The van der Waals surface area contributed by atoms with Gasteiger partial charge in [-0.1, -0.05) is 23.7 Å². The third kappa shape index (κ3) is 2.97. The minimum absolute atomic E-state index is 0.200. The molecule has 4 nitrogen and oxygen atoms in total. The van der Waals surface area contributed by atoms with Crippen LogP contribution in [0.3, 0.4) is 0 Å². The Hall–Kier alpha value is -1.95. The fourth-order valence-corrected chi connectivity index (χ4v) is 2.48. The topological polar surface area (TPSA) is 49.8 Å². The highest BCUT2D eigenvalue weighted by Gasteiger charge is 2.23. The molecule has 22 heavy (non-hydrogen) atoms. The van der Waals surface area contributed by atoms with Gasteiger partial charge in [0.2, 0.25) is 0 Å². The minimum atomic E-state index is -0.451. The highest BCUT2D eigenvalue weighted by atomic mass is 35.5. The Morgan fingerprint density at radius 1 is 1.36 bits per heavy atom. The van der Waals surface area contributed by atoms with E-state index < -0.39 is 5.82 Å². The van der Waals surface area contributed by atoms with Crippen LogP contribution in [-0.2, 0) is 4.84 Å². The molecular formula is C16H15ClFNO3. The highest BCUT2D eigenvalue weighted by Crippen LogP contribution is 2.40. The lowest BCUT2D eigenvalue weighted by Crippen LogP contribution is -2.19. The minimum Gasteiger partial charge on any atom is -0.294 e. The van der Waals surface area contributed by atoms with Crippen molar-refractivity contribution in [3.63, 3.8) is 0 Å². The van der Waals surface area contributed by atoms with Crippen LogP contribution in [0.2, 0.25) is 5.02 Å². The van der Waals surface area contributed by atoms with E-state index in [0.717, 1.165) is 0 Å². The monoisotopic (exact) mass is 323 g/mol. The van der Waals surface area contributed by atoms with E-state index in [0.29, 0.717) is 26.9 Å². The SMILES string of the molecule is CON(O)c1c(C)c(Cl)cc(C(C)=O)c1-c1cccc(F)c1. The summed E-state index contributed by atoms with van der Waals surface area (Å²) in [6.07, 6.45) is 0. The summed E-state index contributed by atoms with van der Waals surface area (Å²) in [6, 6.07) is 7.25. The molecule has 0 saturated heterocycles. The Labute approximate surface area is 132 Å². The predicted octanol–water partition coefficient (Wildman–Crippen LogP) is 4.41. The van der Waals surface area contributed by atoms with Gasteiger partial charge < -0.3 is 0 Å². The van der Waals surface area contributed by atoms with Crippen LogP contribution in [0.1, 0.15) is 22.8 Å². The van der Waals surface area contributed by atoms with Gasteiger partial charge in [0.15, 0.2) is 5.78 Å². The van der Waals surface area contributed by atoms with Gasteiger partial charge in [-0.3, -0.25) is 14.8 Å². The second-order valence-corrected chi connectivity index (χ2v) is 5.18. The summed E-state index contributed by atoms with van der Waals surface area (Å²) in [5.41, 5.74) is 1.78. The summed E-state index contributed by atoms with van der Waals surface area (Å²) in [6.45, 7) is 3.05. The average molecular weight is 324 g/mol. The van der Waals surface area contributed by atoms with Crippen LogP contribution < -0.4 is 5.23 Å². The first-order valence-electron chi connectivity index (χ1n) is 6.50. The molecule has 2 rings (SSSR count). The van der Waals surface area contributed by atoms with E-state index in [4.69, 9.17) is 16.4 Å². The van der Waals surface area contributed by atoms with Crippen molar-refractivity contribution in [2.24, 2.45) is 0 Å². The highest BCUT2D eigenvalue weighted by molar-refractivity contribution is 6.32. The maximum atomic E-state index is 13.6. The predicted molar refractivity (Wildman–Crippen MR) is 82.9 cm³/mol. The fraction of sp³-hybridized carbons (Fsp3) is 0.188. The van der Waals surface area contributed by atoms with Crippen LogP contribution in [0.15, 0.2) is 30.3 Å². The van der Waals surface area contributed by atoms with Gasteiger partial charge in [-0.05, 0) is 43.2 Å². The first-order valence-corrected chi connectivity index (χ1v) is 6.87. The third-order valence-corrected chi connectivity index (χ3v) is 3.74. The summed E-state index contributed by atoms with van der Waals surface area (Å²) in [5.74, 6) is -0.709. The van der Waals surface area contributed by atoms with Crippen molar-refractivity contribution in [2.75, 3.05) is 12.3 Å². The molecule has 0 aliphatic heterocycles. The van der Waals surface area contributed by atoms with Gasteiger partial charge in [-0.25, -0.2) is 4.39 Å². The number of anilines is 1.